The zero-order valence-electron chi connectivity index (χ0n) is 10.5. The fourth-order valence-corrected chi connectivity index (χ4v) is 2.81. The van der Waals surface area contributed by atoms with Crippen molar-refractivity contribution in [3.8, 4) is 0 Å². The van der Waals surface area contributed by atoms with Crippen LogP contribution in [-0.4, -0.2) is 16.1 Å². The van der Waals surface area contributed by atoms with Crippen LogP contribution in [0.3, 0.4) is 0 Å². The van der Waals surface area contributed by atoms with Crippen LogP contribution in [0.1, 0.15) is 10.4 Å². The lowest BCUT2D eigenvalue weighted by Gasteiger charge is -2.03. The number of carbonyl (C=O) groups is 1. The van der Waals surface area contributed by atoms with E-state index in [0.717, 1.165) is 21.2 Å². The number of pyridine rings is 1. The number of rotatable bonds is 3. The van der Waals surface area contributed by atoms with E-state index in [4.69, 9.17) is 0 Å². The molecule has 0 saturated carbocycles. The summed E-state index contributed by atoms with van der Waals surface area (Å²) in [4.78, 5) is 16.4. The second-order valence-corrected chi connectivity index (χ2v) is 5.24. The highest BCUT2D eigenvalue weighted by atomic mass is 32.1. The number of aromatic nitrogens is 1. The number of thiophene rings is 1. The zero-order valence-corrected chi connectivity index (χ0v) is 11.3. The molecule has 0 aliphatic carbocycles. The van der Waals surface area contributed by atoms with Crippen LogP contribution in [0, 0.1) is 0 Å². The van der Waals surface area contributed by atoms with Crippen LogP contribution in [0.2, 0.25) is 0 Å². The first-order valence-corrected chi connectivity index (χ1v) is 6.95. The van der Waals surface area contributed by atoms with Crippen LogP contribution < -0.4 is 0 Å². The van der Waals surface area contributed by atoms with Crippen molar-refractivity contribution in [3.05, 3.63) is 64.6 Å². The molecule has 1 N–H and O–H groups in total. The Labute approximate surface area is 119 Å². The van der Waals surface area contributed by atoms with E-state index in [9.17, 15) is 9.90 Å². The standard InChI is InChI=1S/C16H11NO2S/c18-16(19)14(15-6-3-7-20-15)8-12-10-17-9-11-4-1-2-5-13(11)12/h1-10H,(H,18,19)/b14-8+. The first-order chi connectivity index (χ1) is 9.75. The van der Waals surface area contributed by atoms with Crippen molar-refractivity contribution in [2.75, 3.05) is 0 Å². The van der Waals surface area contributed by atoms with Gasteiger partial charge in [0.2, 0.25) is 0 Å². The summed E-state index contributed by atoms with van der Waals surface area (Å²) in [6.07, 6.45) is 5.15. The third kappa shape index (κ3) is 2.33. The maximum Gasteiger partial charge on any atom is 0.337 e. The minimum atomic E-state index is -0.930. The SMILES string of the molecule is O=C(O)/C(=C/c1cncc2ccccc12)c1cccs1. The first kappa shape index (κ1) is 12.6. The van der Waals surface area contributed by atoms with Crippen molar-refractivity contribution >= 4 is 39.7 Å². The maximum absolute atomic E-state index is 11.5. The van der Waals surface area contributed by atoms with E-state index in [2.05, 4.69) is 4.98 Å². The maximum atomic E-state index is 11.5. The monoisotopic (exact) mass is 281 g/mol. The zero-order chi connectivity index (χ0) is 13.9. The Kier molecular flexibility index (Phi) is 3.31. The number of fused-ring (bicyclic) bond motifs is 1. The van der Waals surface area contributed by atoms with Crippen molar-refractivity contribution in [2.24, 2.45) is 0 Å². The molecule has 1 aromatic carbocycles. The van der Waals surface area contributed by atoms with Gasteiger partial charge in [-0.1, -0.05) is 30.3 Å². The highest BCUT2D eigenvalue weighted by Gasteiger charge is 2.12. The first-order valence-electron chi connectivity index (χ1n) is 6.07. The van der Waals surface area contributed by atoms with Crippen molar-refractivity contribution in [3.63, 3.8) is 0 Å². The third-order valence-electron chi connectivity index (χ3n) is 3.02. The Morgan fingerprint density at radius 3 is 2.75 bits per heavy atom. The molecular weight excluding hydrogens is 270 g/mol. The summed E-state index contributed by atoms with van der Waals surface area (Å²) in [5, 5.41) is 13.3. The summed E-state index contributed by atoms with van der Waals surface area (Å²) >= 11 is 1.41. The van der Waals surface area contributed by atoms with Crippen molar-refractivity contribution in [2.45, 2.75) is 0 Å². The molecular formula is C16H11NO2S. The van der Waals surface area contributed by atoms with E-state index in [1.807, 2.05) is 41.8 Å². The van der Waals surface area contributed by atoms with Gasteiger partial charge in [0.1, 0.15) is 0 Å². The van der Waals surface area contributed by atoms with Crippen molar-refractivity contribution in [1.82, 2.24) is 4.98 Å². The lowest BCUT2D eigenvalue weighted by molar-refractivity contribution is -0.130. The Hall–Kier alpha value is -2.46. The predicted octanol–water partition coefficient (Wildman–Crippen LogP) is 3.92. The van der Waals surface area contributed by atoms with E-state index in [1.165, 1.54) is 11.3 Å². The summed E-state index contributed by atoms with van der Waals surface area (Å²) in [6, 6.07) is 11.5. The number of aliphatic carboxylic acids is 1. The Balaban J connectivity index is 2.19. The molecule has 0 fully saturated rings. The Morgan fingerprint density at radius 1 is 1.15 bits per heavy atom. The molecule has 0 aliphatic rings. The molecule has 2 heterocycles. The molecule has 0 aliphatic heterocycles. The Morgan fingerprint density at radius 2 is 2.00 bits per heavy atom. The number of benzene rings is 1. The molecule has 4 heteroatoms. The number of carboxylic acid groups (broad SMARTS) is 1. The second-order valence-electron chi connectivity index (χ2n) is 4.29. The molecule has 3 nitrogen and oxygen atoms in total. The summed E-state index contributed by atoms with van der Waals surface area (Å²) in [5.74, 6) is -0.930. The number of carboxylic acids is 1. The van der Waals surface area contributed by atoms with Crippen LogP contribution in [0.5, 0.6) is 0 Å². The predicted molar refractivity (Wildman–Crippen MR) is 81.6 cm³/mol. The molecule has 20 heavy (non-hydrogen) atoms. The minimum Gasteiger partial charge on any atom is -0.478 e. The molecule has 0 saturated heterocycles. The highest BCUT2D eigenvalue weighted by Crippen LogP contribution is 2.26. The van der Waals surface area contributed by atoms with Crippen molar-refractivity contribution < 1.29 is 9.90 Å². The summed E-state index contributed by atoms with van der Waals surface area (Å²) in [7, 11) is 0. The van der Waals surface area contributed by atoms with E-state index >= 15 is 0 Å². The van der Waals surface area contributed by atoms with Gasteiger partial charge in [-0.3, -0.25) is 4.98 Å². The lowest BCUT2D eigenvalue weighted by Crippen LogP contribution is -1.98. The fourth-order valence-electron chi connectivity index (χ4n) is 2.08. The smallest absolute Gasteiger partial charge is 0.337 e. The van der Waals surface area contributed by atoms with Crippen LogP contribution >= 0.6 is 11.3 Å². The molecule has 0 radical (unpaired) electrons. The number of nitrogens with zero attached hydrogens (tertiary/aromatic N) is 1. The average Bonchev–Trinajstić information content (AvgIpc) is 2.98. The van der Waals surface area contributed by atoms with Gasteiger partial charge in [-0.05, 0) is 22.9 Å². The highest BCUT2D eigenvalue weighted by molar-refractivity contribution is 7.11. The third-order valence-corrected chi connectivity index (χ3v) is 3.92. The Bertz CT molecular complexity index is 786. The van der Waals surface area contributed by atoms with E-state index in [-0.39, 0.29) is 5.57 Å². The molecule has 3 rings (SSSR count). The number of hydrogen-bond donors (Lipinski definition) is 1. The quantitative estimate of drug-likeness (QED) is 0.740. The van der Waals surface area contributed by atoms with E-state index in [1.54, 1.807) is 18.5 Å². The molecule has 0 spiro atoms. The van der Waals surface area contributed by atoms with Gasteiger partial charge in [-0.15, -0.1) is 11.3 Å². The summed E-state index contributed by atoms with van der Waals surface area (Å²) < 4.78 is 0. The van der Waals surface area contributed by atoms with E-state index < -0.39 is 5.97 Å². The summed E-state index contributed by atoms with van der Waals surface area (Å²) in [5.41, 5.74) is 1.10. The molecule has 0 bridgehead atoms. The van der Waals surface area contributed by atoms with Gasteiger partial charge in [0.05, 0.1) is 5.57 Å². The van der Waals surface area contributed by atoms with Gasteiger partial charge in [0.25, 0.3) is 0 Å². The van der Waals surface area contributed by atoms with Crippen LogP contribution in [0.25, 0.3) is 22.4 Å². The van der Waals surface area contributed by atoms with Gasteiger partial charge in [-0.2, -0.15) is 0 Å². The van der Waals surface area contributed by atoms with Crippen LogP contribution in [0.15, 0.2) is 54.2 Å². The molecule has 0 atom stereocenters. The van der Waals surface area contributed by atoms with Gasteiger partial charge >= 0.3 is 5.97 Å². The normalized spacial score (nSPS) is 11.7. The van der Waals surface area contributed by atoms with Crippen LogP contribution in [0.4, 0.5) is 0 Å². The largest absolute Gasteiger partial charge is 0.478 e. The van der Waals surface area contributed by atoms with E-state index in [0.29, 0.717) is 0 Å². The van der Waals surface area contributed by atoms with Gasteiger partial charge < -0.3 is 5.11 Å². The van der Waals surface area contributed by atoms with Gasteiger partial charge in [0.15, 0.2) is 0 Å². The fraction of sp³-hybridized carbons (Fsp3) is 0. The second kappa shape index (κ2) is 5.27. The van der Waals surface area contributed by atoms with Gasteiger partial charge in [0, 0.05) is 28.2 Å². The minimum absolute atomic E-state index is 0.290. The molecule has 0 amide bonds. The molecule has 98 valence electrons. The van der Waals surface area contributed by atoms with Crippen LogP contribution in [-0.2, 0) is 4.79 Å². The molecule has 0 unspecified atom stereocenters. The average molecular weight is 281 g/mol. The van der Waals surface area contributed by atoms with Crippen molar-refractivity contribution in [1.29, 1.82) is 0 Å². The van der Waals surface area contributed by atoms with Gasteiger partial charge in [-0.25, -0.2) is 4.79 Å². The number of hydrogen-bond acceptors (Lipinski definition) is 3. The molecule has 3 aromatic rings. The lowest BCUT2D eigenvalue weighted by atomic mass is 10.0. The molecule has 2 aromatic heterocycles. The summed E-state index contributed by atoms with van der Waals surface area (Å²) in [6.45, 7) is 0. The topological polar surface area (TPSA) is 50.2 Å².